The number of amidine groups is 8. The van der Waals surface area contributed by atoms with Crippen molar-refractivity contribution < 1.29 is 51.2 Å². The van der Waals surface area contributed by atoms with Crippen molar-refractivity contribution >= 4 is 65.1 Å². The predicted octanol–water partition coefficient (Wildman–Crippen LogP) is 3.46. The molecular formula is C35H16CoN8O7. The molecular weight excluding hydrogens is 703 g/mol. The largest absolute Gasteiger partial charge is 0.508 e. The van der Waals surface area contributed by atoms with E-state index in [1.807, 2.05) is 0 Å². The van der Waals surface area contributed by atoms with Crippen molar-refractivity contribution in [2.45, 2.75) is 0 Å². The molecule has 0 aromatic heterocycles. The Morgan fingerprint density at radius 2 is 0.804 bits per heavy atom. The smallest absolute Gasteiger partial charge is 0.335 e. The second-order valence-electron chi connectivity index (χ2n) is 11.3. The molecule has 1 radical (unpaired) electrons. The zero-order valence-electron chi connectivity index (χ0n) is 25.4. The number of phenols is 1. The van der Waals surface area contributed by atoms with Gasteiger partial charge in [-0.25, -0.2) is 49.5 Å². The van der Waals surface area contributed by atoms with Crippen LogP contribution in [0.3, 0.4) is 0 Å². The summed E-state index contributed by atoms with van der Waals surface area (Å²) >= 11 is 0. The van der Waals surface area contributed by atoms with Crippen molar-refractivity contribution in [3.05, 3.63) is 128 Å². The summed E-state index contributed by atoms with van der Waals surface area (Å²) in [4.78, 5) is 72.9. The van der Waals surface area contributed by atoms with Gasteiger partial charge in [0, 0.05) is 61.3 Å². The van der Waals surface area contributed by atoms with Crippen LogP contribution in [0.5, 0.6) is 11.5 Å². The zero-order chi connectivity index (χ0) is 34.3. The normalized spacial score (nSPS) is 15.5. The van der Waals surface area contributed by atoms with Crippen LogP contribution in [0.25, 0.3) is 0 Å². The second-order valence-corrected chi connectivity index (χ2v) is 11.3. The maximum absolute atomic E-state index is 12.0. The maximum atomic E-state index is 12.0. The van der Waals surface area contributed by atoms with Crippen LogP contribution in [0.2, 0.25) is 0 Å². The minimum atomic E-state index is -1.16. The molecule has 0 unspecified atom stereocenters. The van der Waals surface area contributed by atoms with Gasteiger partial charge in [-0.3, -0.25) is 4.79 Å². The summed E-state index contributed by atoms with van der Waals surface area (Å²) in [5, 5.41) is 29.9. The summed E-state index contributed by atoms with van der Waals surface area (Å²) in [5.74, 6) is -0.871. The standard InChI is InChI=1S/C35H16N8O7.Co/c44-13-50-17-4-8-21-25(12-17)33-42-27-19-6-2-15(35(48)49)10-23(19)30(38-27)36-26-18-5-1-14(34(46)47)9-22(18)31(37-26)39-28-20-7-3-16(45)11-24(20)32(40-28)41-29(21)43-33;/h1-13,45H,(H,46,47)(H,48,49);. The van der Waals surface area contributed by atoms with Gasteiger partial charge in [-0.15, -0.1) is 0 Å². The van der Waals surface area contributed by atoms with Crippen LogP contribution in [0, 0.1) is 0 Å². The van der Waals surface area contributed by atoms with Gasteiger partial charge >= 0.3 is 11.9 Å². The number of ether oxygens (including phenoxy) is 1. The van der Waals surface area contributed by atoms with Crippen molar-refractivity contribution in [3.8, 4) is 11.5 Å². The van der Waals surface area contributed by atoms with E-state index in [4.69, 9.17) is 29.7 Å². The minimum Gasteiger partial charge on any atom is -0.508 e. The molecule has 0 atom stereocenters. The van der Waals surface area contributed by atoms with Crippen LogP contribution < -0.4 is 4.74 Å². The van der Waals surface area contributed by atoms with Gasteiger partial charge in [0.1, 0.15) is 11.5 Å². The SMILES string of the molecule is O=COc1ccc2c(c1)C1=NC3=NC(=NC4=NC(=NC5=NC(=NC2=N1)c1cc(O)ccc15)c1cc(C(=O)O)ccc14)c1cc(C(=O)O)ccc13.[Co]. The van der Waals surface area contributed by atoms with Crippen LogP contribution in [-0.4, -0.2) is 80.4 Å². The number of hydrogen-bond donors (Lipinski definition) is 3. The molecule has 0 fully saturated rings. The Kier molecular flexibility index (Phi) is 7.07. The summed E-state index contributed by atoms with van der Waals surface area (Å²) in [6.07, 6.45) is 0. The average molecular weight is 719 g/mol. The zero-order valence-corrected chi connectivity index (χ0v) is 26.4. The fourth-order valence-electron chi connectivity index (χ4n) is 6.03. The van der Waals surface area contributed by atoms with Gasteiger partial charge in [0.05, 0.1) is 11.1 Å². The molecule has 5 aliphatic heterocycles. The number of aliphatic imine (C=N–C) groups is 8. The maximum Gasteiger partial charge on any atom is 0.335 e. The molecule has 247 valence electrons. The molecule has 9 rings (SSSR count). The summed E-state index contributed by atoms with van der Waals surface area (Å²) in [6, 6.07) is 18.3. The Bertz CT molecular complexity index is 2620. The monoisotopic (exact) mass is 719 g/mol. The Balaban J connectivity index is 0.00000374. The first-order chi connectivity index (χ1) is 24.2. The molecule has 0 aliphatic carbocycles. The minimum absolute atomic E-state index is 0. The van der Waals surface area contributed by atoms with Gasteiger partial charge < -0.3 is 20.1 Å². The number of benzene rings is 4. The Hall–Kier alpha value is -7.04. The third-order valence-corrected chi connectivity index (χ3v) is 8.33. The summed E-state index contributed by atoms with van der Waals surface area (Å²) in [7, 11) is 0. The topological polar surface area (TPSA) is 220 Å². The van der Waals surface area contributed by atoms with E-state index in [-0.39, 0.29) is 86.1 Å². The van der Waals surface area contributed by atoms with Gasteiger partial charge in [0.2, 0.25) is 0 Å². The van der Waals surface area contributed by atoms with Crippen LogP contribution in [0.1, 0.15) is 65.2 Å². The number of carboxylic acid groups (broad SMARTS) is 2. The van der Waals surface area contributed by atoms with Crippen molar-refractivity contribution in [2.24, 2.45) is 39.9 Å². The fraction of sp³-hybridized carbons (Fsp3) is 0. The Morgan fingerprint density at radius 1 is 0.471 bits per heavy atom. The number of carboxylic acids is 2. The number of aromatic carboxylic acids is 2. The molecule has 0 spiro atoms. The average Bonchev–Trinajstić information content (AvgIpc) is 3.82. The molecule has 8 bridgehead atoms. The molecule has 0 saturated carbocycles. The van der Waals surface area contributed by atoms with Crippen molar-refractivity contribution in [3.63, 3.8) is 0 Å². The molecule has 15 nitrogen and oxygen atoms in total. The molecule has 51 heavy (non-hydrogen) atoms. The number of rotatable bonds is 4. The number of carbonyl (C=O) groups is 3. The molecule has 4 aromatic rings. The van der Waals surface area contributed by atoms with Crippen LogP contribution >= 0.6 is 0 Å². The molecule has 5 heterocycles. The van der Waals surface area contributed by atoms with Crippen molar-refractivity contribution in [1.29, 1.82) is 0 Å². The molecule has 0 amide bonds. The van der Waals surface area contributed by atoms with Gasteiger partial charge in [-0.05, 0) is 72.8 Å². The Labute approximate surface area is 295 Å². The van der Waals surface area contributed by atoms with E-state index in [2.05, 4.69) is 15.0 Å². The van der Waals surface area contributed by atoms with Gasteiger partial charge in [-0.1, -0.05) is 0 Å². The molecule has 16 heteroatoms. The molecule has 5 aliphatic rings. The van der Waals surface area contributed by atoms with E-state index in [1.165, 1.54) is 36.4 Å². The number of fused-ring (bicyclic) bond motifs is 16. The number of carbonyl (C=O) groups excluding carboxylic acids is 1. The van der Waals surface area contributed by atoms with E-state index in [9.17, 15) is 29.7 Å². The van der Waals surface area contributed by atoms with E-state index in [1.54, 1.807) is 36.4 Å². The quantitative estimate of drug-likeness (QED) is 0.266. The van der Waals surface area contributed by atoms with E-state index in [0.29, 0.717) is 51.0 Å². The van der Waals surface area contributed by atoms with Crippen LogP contribution in [-0.2, 0) is 21.6 Å². The first-order valence-corrected chi connectivity index (χ1v) is 14.8. The van der Waals surface area contributed by atoms with E-state index < -0.39 is 11.9 Å². The van der Waals surface area contributed by atoms with E-state index >= 15 is 0 Å². The molecule has 3 N–H and O–H groups in total. The van der Waals surface area contributed by atoms with Crippen molar-refractivity contribution in [2.75, 3.05) is 0 Å². The van der Waals surface area contributed by atoms with Gasteiger partial charge in [-0.2, -0.15) is 0 Å². The van der Waals surface area contributed by atoms with Gasteiger partial charge in [0.25, 0.3) is 6.47 Å². The van der Waals surface area contributed by atoms with E-state index in [0.717, 1.165) is 0 Å². The number of hydrogen-bond acceptors (Lipinski definition) is 13. The predicted molar refractivity (Wildman–Crippen MR) is 180 cm³/mol. The summed E-state index contributed by atoms with van der Waals surface area (Å²) in [5.41, 5.74) is 3.61. The first-order valence-electron chi connectivity index (χ1n) is 14.8. The number of phenolic OH excluding ortho intramolecular Hbond substituents is 1. The summed E-state index contributed by atoms with van der Waals surface area (Å²) in [6.45, 7) is 0.299. The second kappa shape index (κ2) is 11.5. The van der Waals surface area contributed by atoms with Crippen LogP contribution in [0.4, 0.5) is 0 Å². The molecule has 4 aromatic carbocycles. The third-order valence-electron chi connectivity index (χ3n) is 8.33. The Morgan fingerprint density at radius 3 is 1.20 bits per heavy atom. The first kappa shape index (κ1) is 31.2. The number of nitrogens with zero attached hydrogens (tertiary/aromatic N) is 8. The fourth-order valence-corrected chi connectivity index (χ4v) is 6.03. The van der Waals surface area contributed by atoms with Gasteiger partial charge in [0.15, 0.2) is 46.7 Å². The number of aromatic hydroxyl groups is 1. The molecule has 0 saturated heterocycles. The summed E-state index contributed by atoms with van der Waals surface area (Å²) < 4.78 is 5.09. The van der Waals surface area contributed by atoms with Crippen molar-refractivity contribution in [1.82, 2.24) is 0 Å². The van der Waals surface area contributed by atoms with Crippen LogP contribution in [0.15, 0.2) is 113 Å². The third kappa shape index (κ3) is 5.01.